The highest BCUT2D eigenvalue weighted by molar-refractivity contribution is 7.89. The van der Waals surface area contributed by atoms with Crippen LogP contribution < -0.4 is 4.72 Å². The molecule has 21 heavy (non-hydrogen) atoms. The quantitative estimate of drug-likeness (QED) is 0.871. The lowest BCUT2D eigenvalue weighted by Crippen LogP contribution is -2.38. The molecule has 2 N–H and O–H groups in total. The molecule has 118 valence electrons. The van der Waals surface area contributed by atoms with Crippen LogP contribution in [-0.2, 0) is 16.6 Å². The van der Waals surface area contributed by atoms with Crippen LogP contribution >= 0.6 is 11.6 Å². The molecular weight excluding hydrogens is 310 g/mol. The van der Waals surface area contributed by atoms with Crippen molar-refractivity contribution in [3.05, 3.63) is 28.8 Å². The average molecular weight is 332 g/mol. The SMILES string of the molecule is CCC1CCCC(NS(=O)(=O)c2ccc(Cl)c(CO)c2)C1. The van der Waals surface area contributed by atoms with Crippen LogP contribution in [0, 0.1) is 5.92 Å². The lowest BCUT2D eigenvalue weighted by atomic mass is 9.85. The molecular formula is C15H22ClNO3S. The second-order valence-electron chi connectivity index (χ2n) is 5.67. The van der Waals surface area contributed by atoms with E-state index in [1.54, 1.807) is 0 Å². The molecule has 0 amide bonds. The molecule has 0 saturated heterocycles. The van der Waals surface area contributed by atoms with Crippen molar-refractivity contribution in [3.8, 4) is 0 Å². The van der Waals surface area contributed by atoms with E-state index >= 15 is 0 Å². The van der Waals surface area contributed by atoms with Crippen molar-refractivity contribution in [2.24, 2.45) is 5.92 Å². The molecule has 0 radical (unpaired) electrons. The van der Waals surface area contributed by atoms with Crippen molar-refractivity contribution in [1.29, 1.82) is 0 Å². The fourth-order valence-electron chi connectivity index (χ4n) is 2.90. The van der Waals surface area contributed by atoms with Gasteiger partial charge in [0.25, 0.3) is 0 Å². The van der Waals surface area contributed by atoms with Crippen LogP contribution in [-0.4, -0.2) is 19.6 Å². The molecule has 2 atom stereocenters. The molecule has 1 fully saturated rings. The van der Waals surface area contributed by atoms with E-state index in [-0.39, 0.29) is 17.5 Å². The van der Waals surface area contributed by atoms with Gasteiger partial charge in [0.2, 0.25) is 10.0 Å². The topological polar surface area (TPSA) is 66.4 Å². The Balaban J connectivity index is 2.14. The van der Waals surface area contributed by atoms with Gasteiger partial charge in [-0.2, -0.15) is 0 Å². The van der Waals surface area contributed by atoms with Gasteiger partial charge in [-0.1, -0.05) is 37.8 Å². The molecule has 0 aliphatic heterocycles. The van der Waals surface area contributed by atoms with Crippen molar-refractivity contribution < 1.29 is 13.5 Å². The fraction of sp³-hybridized carbons (Fsp3) is 0.600. The summed E-state index contributed by atoms with van der Waals surface area (Å²) in [5.74, 6) is 0.602. The molecule has 1 aromatic rings. The minimum Gasteiger partial charge on any atom is -0.392 e. The van der Waals surface area contributed by atoms with E-state index in [1.165, 1.54) is 24.6 Å². The van der Waals surface area contributed by atoms with Gasteiger partial charge in [-0.05, 0) is 42.5 Å². The van der Waals surface area contributed by atoms with E-state index in [2.05, 4.69) is 11.6 Å². The monoisotopic (exact) mass is 331 g/mol. The Bertz CT molecular complexity index is 589. The fourth-order valence-corrected chi connectivity index (χ4v) is 4.41. The van der Waals surface area contributed by atoms with Crippen molar-refractivity contribution in [3.63, 3.8) is 0 Å². The predicted octanol–water partition coefficient (Wildman–Crippen LogP) is 3.08. The normalized spacial score (nSPS) is 23.2. The molecule has 0 heterocycles. The van der Waals surface area contributed by atoms with Gasteiger partial charge in [0.15, 0.2) is 0 Å². The smallest absolute Gasteiger partial charge is 0.240 e. The first-order chi connectivity index (χ1) is 9.96. The molecule has 2 unspecified atom stereocenters. The molecule has 1 saturated carbocycles. The number of halogens is 1. The highest BCUT2D eigenvalue weighted by Crippen LogP contribution is 2.28. The zero-order chi connectivity index (χ0) is 15.5. The largest absolute Gasteiger partial charge is 0.392 e. The van der Waals surface area contributed by atoms with Crippen LogP contribution in [0.3, 0.4) is 0 Å². The van der Waals surface area contributed by atoms with Crippen molar-refractivity contribution in [2.75, 3.05) is 0 Å². The third-order valence-electron chi connectivity index (χ3n) is 4.18. The Morgan fingerprint density at radius 3 is 2.81 bits per heavy atom. The molecule has 1 aromatic carbocycles. The van der Waals surface area contributed by atoms with Crippen LogP contribution in [0.25, 0.3) is 0 Å². The highest BCUT2D eigenvalue weighted by Gasteiger charge is 2.26. The zero-order valence-electron chi connectivity index (χ0n) is 12.2. The summed E-state index contributed by atoms with van der Waals surface area (Å²) in [6.07, 6.45) is 5.12. The molecule has 2 rings (SSSR count). The van der Waals surface area contributed by atoms with Crippen molar-refractivity contribution >= 4 is 21.6 Å². The van der Waals surface area contributed by atoms with Gasteiger partial charge >= 0.3 is 0 Å². The van der Waals surface area contributed by atoms with Gasteiger partial charge in [-0.25, -0.2) is 13.1 Å². The number of rotatable bonds is 5. The summed E-state index contributed by atoms with van der Waals surface area (Å²) in [7, 11) is -3.56. The molecule has 0 bridgehead atoms. The minimum absolute atomic E-state index is 0.00181. The van der Waals surface area contributed by atoms with Crippen LogP contribution in [0.5, 0.6) is 0 Å². The van der Waals surface area contributed by atoms with Crippen LogP contribution in [0.15, 0.2) is 23.1 Å². The summed E-state index contributed by atoms with van der Waals surface area (Å²) in [5, 5.41) is 9.57. The summed E-state index contributed by atoms with van der Waals surface area (Å²) >= 11 is 5.90. The lowest BCUT2D eigenvalue weighted by molar-refractivity contribution is 0.281. The highest BCUT2D eigenvalue weighted by atomic mass is 35.5. The Labute approximate surface area is 131 Å². The van der Waals surface area contributed by atoms with Crippen LogP contribution in [0.1, 0.15) is 44.6 Å². The second-order valence-corrected chi connectivity index (χ2v) is 7.79. The van der Waals surface area contributed by atoms with E-state index in [4.69, 9.17) is 11.6 Å². The summed E-state index contributed by atoms with van der Waals surface area (Å²) in [6, 6.07) is 4.42. The standard InChI is InChI=1S/C15H22ClNO3S/c1-2-11-4-3-5-13(8-11)17-21(19,20)14-6-7-15(16)12(9-14)10-18/h6-7,9,11,13,17-18H,2-5,8,10H2,1H3. The van der Waals surface area contributed by atoms with Crippen LogP contribution in [0.2, 0.25) is 5.02 Å². The third-order valence-corrected chi connectivity index (χ3v) is 6.07. The van der Waals surface area contributed by atoms with E-state index < -0.39 is 10.0 Å². The Hall–Kier alpha value is -0.620. The van der Waals surface area contributed by atoms with E-state index in [0.717, 1.165) is 25.7 Å². The lowest BCUT2D eigenvalue weighted by Gasteiger charge is -2.28. The third kappa shape index (κ3) is 4.19. The van der Waals surface area contributed by atoms with Crippen molar-refractivity contribution in [2.45, 2.75) is 56.6 Å². The maximum atomic E-state index is 12.4. The van der Waals surface area contributed by atoms with Gasteiger partial charge in [0, 0.05) is 11.1 Å². The van der Waals surface area contributed by atoms with Gasteiger partial charge in [0.05, 0.1) is 11.5 Å². The summed E-state index contributed by atoms with van der Waals surface area (Å²) in [5.41, 5.74) is 0.426. The van der Waals surface area contributed by atoms with Gasteiger partial charge in [0.1, 0.15) is 0 Å². The first-order valence-corrected chi connectivity index (χ1v) is 9.24. The maximum absolute atomic E-state index is 12.4. The first kappa shape index (κ1) is 16.7. The molecule has 4 nitrogen and oxygen atoms in total. The second kappa shape index (κ2) is 7.09. The molecule has 0 aromatic heterocycles. The molecule has 6 heteroatoms. The van der Waals surface area contributed by atoms with Gasteiger partial charge < -0.3 is 5.11 Å². The number of aliphatic hydroxyl groups excluding tert-OH is 1. The minimum atomic E-state index is -3.56. The van der Waals surface area contributed by atoms with E-state index in [1.807, 2.05) is 0 Å². The van der Waals surface area contributed by atoms with Crippen LogP contribution in [0.4, 0.5) is 0 Å². The number of sulfonamides is 1. The Morgan fingerprint density at radius 2 is 2.14 bits per heavy atom. The molecule has 1 aliphatic rings. The number of nitrogens with one attached hydrogen (secondary N) is 1. The van der Waals surface area contributed by atoms with Gasteiger partial charge in [-0.15, -0.1) is 0 Å². The number of hydrogen-bond donors (Lipinski definition) is 2. The van der Waals surface area contributed by atoms with E-state index in [9.17, 15) is 13.5 Å². The first-order valence-electron chi connectivity index (χ1n) is 7.38. The number of aliphatic hydroxyl groups is 1. The summed E-state index contributed by atoms with van der Waals surface area (Å²) < 4.78 is 27.7. The summed E-state index contributed by atoms with van der Waals surface area (Å²) in [4.78, 5) is 0.162. The predicted molar refractivity (Wildman–Crippen MR) is 83.7 cm³/mol. The molecule has 1 aliphatic carbocycles. The zero-order valence-corrected chi connectivity index (χ0v) is 13.8. The molecule has 0 spiro atoms. The van der Waals surface area contributed by atoms with E-state index in [0.29, 0.717) is 16.5 Å². The Morgan fingerprint density at radius 1 is 1.38 bits per heavy atom. The van der Waals surface area contributed by atoms with Gasteiger partial charge in [-0.3, -0.25) is 0 Å². The average Bonchev–Trinajstić information content (AvgIpc) is 2.47. The summed E-state index contributed by atoms with van der Waals surface area (Å²) in [6.45, 7) is 1.87. The number of hydrogen-bond acceptors (Lipinski definition) is 3. The maximum Gasteiger partial charge on any atom is 0.240 e. The number of benzene rings is 1. The van der Waals surface area contributed by atoms with Crippen molar-refractivity contribution in [1.82, 2.24) is 4.72 Å². The Kier molecular flexibility index (Phi) is 5.66.